The fourth-order valence-electron chi connectivity index (χ4n) is 5.79. The Bertz CT molecular complexity index is 1100. The average Bonchev–Trinajstić information content (AvgIpc) is 3.11. The van der Waals surface area contributed by atoms with Crippen molar-refractivity contribution in [3.63, 3.8) is 0 Å². The van der Waals surface area contributed by atoms with Gasteiger partial charge in [0.15, 0.2) is 0 Å². The van der Waals surface area contributed by atoms with E-state index in [1.54, 1.807) is 24.3 Å². The molecule has 1 aliphatic carbocycles. The van der Waals surface area contributed by atoms with E-state index < -0.39 is 5.54 Å². The van der Waals surface area contributed by atoms with Gasteiger partial charge in [-0.25, -0.2) is 0 Å². The molecule has 168 valence electrons. The number of benzene rings is 3. The molecule has 2 bridgehead atoms. The van der Waals surface area contributed by atoms with Crippen molar-refractivity contribution in [1.29, 1.82) is 0 Å². The molecule has 2 saturated heterocycles. The number of anilines is 1. The third kappa shape index (κ3) is 3.78. The number of fused-ring (bicyclic) bond motifs is 4. The fourth-order valence-corrected chi connectivity index (χ4v) is 5.79. The number of nitrogens with zero attached hydrogens (tertiary/aromatic N) is 1. The Balaban J connectivity index is 1.60. The molecule has 0 radical (unpaired) electrons. The summed E-state index contributed by atoms with van der Waals surface area (Å²) in [6.45, 7) is 0.451. The van der Waals surface area contributed by atoms with Crippen LogP contribution in [-0.2, 0) is 4.79 Å². The standard InChI is InChI=1S/C28H29N3O2/c1-31(27(33)21-12-14-22(29)15-13-21)28-16-23(19-8-4-2-5-9-19)25(26(32)30-18-28)24(17-28)20-10-6-3-7-11-20/h2-15,23-25H,16-18,29H2,1H3,(H,30,32). The Morgan fingerprint density at radius 2 is 1.39 bits per heavy atom. The number of likely N-dealkylation sites (N-methyl/N-ethyl adjacent to an activating group) is 1. The van der Waals surface area contributed by atoms with Crippen molar-refractivity contribution in [2.75, 3.05) is 19.3 Å². The van der Waals surface area contributed by atoms with Crippen molar-refractivity contribution in [3.05, 3.63) is 102 Å². The van der Waals surface area contributed by atoms with Crippen LogP contribution in [0, 0.1) is 5.92 Å². The molecule has 3 N–H and O–H groups in total. The van der Waals surface area contributed by atoms with Gasteiger partial charge >= 0.3 is 0 Å². The number of nitrogens with one attached hydrogen (secondary N) is 1. The van der Waals surface area contributed by atoms with Gasteiger partial charge in [-0.2, -0.15) is 0 Å². The van der Waals surface area contributed by atoms with E-state index in [1.807, 2.05) is 48.3 Å². The molecule has 5 heteroatoms. The van der Waals surface area contributed by atoms with Crippen LogP contribution in [0.5, 0.6) is 0 Å². The van der Waals surface area contributed by atoms with E-state index in [4.69, 9.17) is 5.73 Å². The number of amides is 2. The highest BCUT2D eigenvalue weighted by molar-refractivity contribution is 5.95. The summed E-state index contributed by atoms with van der Waals surface area (Å²) >= 11 is 0. The van der Waals surface area contributed by atoms with Crippen molar-refractivity contribution >= 4 is 17.5 Å². The van der Waals surface area contributed by atoms with Crippen molar-refractivity contribution in [2.24, 2.45) is 5.92 Å². The third-order valence-electron chi connectivity index (χ3n) is 7.59. The fraction of sp³-hybridized carbons (Fsp3) is 0.286. The van der Waals surface area contributed by atoms with E-state index in [2.05, 4.69) is 29.6 Å². The van der Waals surface area contributed by atoms with Gasteiger partial charge in [-0.1, -0.05) is 60.7 Å². The largest absolute Gasteiger partial charge is 0.399 e. The lowest BCUT2D eigenvalue weighted by molar-refractivity contribution is -0.125. The summed E-state index contributed by atoms with van der Waals surface area (Å²) in [7, 11) is 1.88. The lowest BCUT2D eigenvalue weighted by Gasteiger charge is -2.49. The van der Waals surface area contributed by atoms with E-state index in [9.17, 15) is 9.59 Å². The maximum atomic E-state index is 13.6. The normalized spacial score (nSPS) is 26.3. The minimum absolute atomic E-state index is 0.0225. The van der Waals surface area contributed by atoms with Gasteiger partial charge in [0.05, 0.1) is 11.5 Å². The van der Waals surface area contributed by atoms with Gasteiger partial charge in [-0.15, -0.1) is 0 Å². The number of nitrogens with two attached hydrogens (primary N) is 1. The molecule has 3 aliphatic rings. The summed E-state index contributed by atoms with van der Waals surface area (Å²) in [4.78, 5) is 28.9. The molecule has 0 aromatic heterocycles. The number of carbonyl (C=O) groups is 2. The lowest BCUT2D eigenvalue weighted by atomic mass is 9.61. The first kappa shape index (κ1) is 21.3. The minimum atomic E-state index is -0.498. The number of carbonyl (C=O) groups excluding carboxylic acids is 2. The molecule has 3 aromatic rings. The SMILES string of the molecule is CN(C(=O)c1ccc(N)cc1)C12CNC(=O)C(C(c3ccccc3)C1)C(c1ccccc1)C2. The zero-order valence-corrected chi connectivity index (χ0v) is 18.8. The molecule has 0 spiro atoms. The predicted molar refractivity (Wildman–Crippen MR) is 130 cm³/mol. The minimum Gasteiger partial charge on any atom is -0.399 e. The maximum Gasteiger partial charge on any atom is 0.254 e. The van der Waals surface area contributed by atoms with Crippen LogP contribution in [0.4, 0.5) is 5.69 Å². The molecule has 3 fully saturated rings. The molecular weight excluding hydrogens is 410 g/mol. The van der Waals surface area contributed by atoms with Crippen LogP contribution >= 0.6 is 0 Å². The number of hydrogen-bond acceptors (Lipinski definition) is 3. The second-order valence-corrected chi connectivity index (χ2v) is 9.40. The highest BCUT2D eigenvalue weighted by Crippen LogP contribution is 2.53. The van der Waals surface area contributed by atoms with Crippen molar-refractivity contribution in [1.82, 2.24) is 10.2 Å². The summed E-state index contributed by atoms with van der Waals surface area (Å²) in [6, 6.07) is 27.6. The van der Waals surface area contributed by atoms with Gasteiger partial charge in [0.1, 0.15) is 0 Å². The molecule has 2 atom stereocenters. The van der Waals surface area contributed by atoms with Crippen molar-refractivity contribution < 1.29 is 9.59 Å². The predicted octanol–water partition coefficient (Wildman–Crippen LogP) is 4.19. The highest BCUT2D eigenvalue weighted by Gasteiger charge is 2.55. The molecule has 5 nitrogen and oxygen atoms in total. The van der Waals surface area contributed by atoms with Crippen LogP contribution in [0.2, 0.25) is 0 Å². The van der Waals surface area contributed by atoms with Crippen LogP contribution in [-0.4, -0.2) is 35.8 Å². The molecule has 1 saturated carbocycles. The quantitative estimate of drug-likeness (QED) is 0.599. The molecule has 33 heavy (non-hydrogen) atoms. The van der Waals surface area contributed by atoms with Crippen LogP contribution in [0.1, 0.15) is 46.2 Å². The van der Waals surface area contributed by atoms with Crippen LogP contribution in [0.25, 0.3) is 0 Å². The Hall–Kier alpha value is -3.60. The Kier molecular flexibility index (Phi) is 5.41. The van der Waals surface area contributed by atoms with E-state index in [0.29, 0.717) is 17.8 Å². The number of rotatable bonds is 4. The second kappa shape index (κ2) is 8.39. The van der Waals surface area contributed by atoms with Crippen LogP contribution in [0.3, 0.4) is 0 Å². The molecule has 2 aliphatic heterocycles. The third-order valence-corrected chi connectivity index (χ3v) is 7.59. The van der Waals surface area contributed by atoms with Crippen molar-refractivity contribution in [3.8, 4) is 0 Å². The molecule has 2 amide bonds. The lowest BCUT2D eigenvalue weighted by Crippen LogP contribution is -2.57. The molecular formula is C28H29N3O2. The average molecular weight is 440 g/mol. The van der Waals surface area contributed by atoms with Crippen LogP contribution in [0.15, 0.2) is 84.9 Å². The summed E-state index contributed by atoms with van der Waals surface area (Å²) in [5.41, 5.74) is 8.87. The van der Waals surface area contributed by atoms with E-state index in [-0.39, 0.29) is 29.6 Å². The van der Waals surface area contributed by atoms with Gasteiger partial charge in [0.25, 0.3) is 5.91 Å². The van der Waals surface area contributed by atoms with Crippen molar-refractivity contribution in [2.45, 2.75) is 30.2 Å². The topological polar surface area (TPSA) is 75.4 Å². The van der Waals surface area contributed by atoms with Gasteiger partial charge in [-0.3, -0.25) is 9.59 Å². The van der Waals surface area contributed by atoms with Crippen LogP contribution < -0.4 is 11.1 Å². The van der Waals surface area contributed by atoms with Gasteiger partial charge in [0, 0.05) is 24.8 Å². The molecule has 3 aromatic carbocycles. The summed E-state index contributed by atoms with van der Waals surface area (Å²) < 4.78 is 0. The molecule has 2 unspecified atom stereocenters. The monoisotopic (exact) mass is 439 g/mol. The second-order valence-electron chi connectivity index (χ2n) is 9.40. The van der Waals surface area contributed by atoms with Gasteiger partial charge in [-0.05, 0) is 60.1 Å². The zero-order chi connectivity index (χ0) is 23.0. The highest BCUT2D eigenvalue weighted by atomic mass is 16.2. The number of nitrogen functional groups attached to an aromatic ring is 1. The Morgan fingerprint density at radius 1 is 0.879 bits per heavy atom. The van der Waals surface area contributed by atoms with Gasteiger partial charge in [0.2, 0.25) is 5.91 Å². The first-order valence-electron chi connectivity index (χ1n) is 11.5. The first-order valence-corrected chi connectivity index (χ1v) is 11.5. The summed E-state index contributed by atoms with van der Waals surface area (Å²) in [6.07, 6.45) is 1.47. The zero-order valence-electron chi connectivity index (χ0n) is 18.8. The summed E-state index contributed by atoms with van der Waals surface area (Å²) in [5, 5.41) is 3.19. The Morgan fingerprint density at radius 3 is 1.91 bits per heavy atom. The number of hydrogen-bond donors (Lipinski definition) is 2. The van der Waals surface area contributed by atoms with E-state index >= 15 is 0 Å². The molecule has 6 rings (SSSR count). The summed E-state index contributed by atoms with van der Waals surface area (Å²) in [5.74, 6) is -0.109. The van der Waals surface area contributed by atoms with Gasteiger partial charge < -0.3 is 16.0 Å². The van der Waals surface area contributed by atoms with E-state index in [1.165, 1.54) is 0 Å². The maximum absolute atomic E-state index is 13.6. The first-order chi connectivity index (χ1) is 16.0. The van der Waals surface area contributed by atoms with E-state index in [0.717, 1.165) is 24.0 Å². The smallest absolute Gasteiger partial charge is 0.254 e. The molecule has 2 heterocycles. The Labute approximate surface area is 194 Å².